The zero-order valence-corrected chi connectivity index (χ0v) is 39.3. The minimum atomic E-state index is -4.33. The largest absolute Gasteiger partial charge is 0.748 e. The van der Waals surface area contributed by atoms with Gasteiger partial charge in [0, 0.05) is 71.1 Å². The Labute approximate surface area is 369 Å². The highest BCUT2D eigenvalue weighted by Gasteiger charge is 2.27. The average molecular weight is 935 g/mol. The number of thioether (sulfide) groups is 3. The first-order chi connectivity index (χ1) is 28.3. The molecule has 2 aromatic carbocycles. The molecule has 0 spiro atoms. The van der Waals surface area contributed by atoms with Crippen molar-refractivity contribution in [3.8, 4) is 5.75 Å². The highest BCUT2D eigenvalue weighted by Crippen LogP contribution is 2.48. The average Bonchev–Trinajstić information content (AvgIpc) is 4.05. The van der Waals surface area contributed by atoms with E-state index in [9.17, 15) is 25.9 Å². The van der Waals surface area contributed by atoms with Crippen molar-refractivity contribution in [2.45, 2.75) is 51.5 Å². The number of hydrogen-bond acceptors (Lipinski definition) is 14. The van der Waals surface area contributed by atoms with E-state index in [0.717, 1.165) is 59.6 Å². The number of benzene rings is 2. The Hall–Kier alpha value is -2.81. The summed E-state index contributed by atoms with van der Waals surface area (Å²) in [5.74, 6) is 2.26. The zero-order chi connectivity index (χ0) is 42.2. The highest BCUT2D eigenvalue weighted by molar-refractivity contribution is 8.14. The molecule has 0 radical (unpaired) electrons. The molecule has 18 heteroatoms. The molecule has 5 heterocycles. The predicted octanol–water partition coefficient (Wildman–Crippen LogP) is 8.16. The van der Waals surface area contributed by atoms with E-state index in [1.54, 1.807) is 41.5 Å². The van der Waals surface area contributed by atoms with Gasteiger partial charge in [-0.25, -0.2) is 21.4 Å². The van der Waals surface area contributed by atoms with Crippen molar-refractivity contribution in [1.29, 1.82) is 0 Å². The van der Waals surface area contributed by atoms with Crippen LogP contribution in [0.4, 0.5) is 5.69 Å². The highest BCUT2D eigenvalue weighted by atomic mass is 32.2. The van der Waals surface area contributed by atoms with Crippen molar-refractivity contribution in [1.82, 2.24) is 4.90 Å². The van der Waals surface area contributed by atoms with Crippen LogP contribution in [0, 0.1) is 0 Å². The fraction of sp³-hybridized carbons (Fsp3) is 0.415. The van der Waals surface area contributed by atoms with Crippen molar-refractivity contribution < 1.29 is 39.8 Å². The molecular formula is C41H50N4O7S7. The van der Waals surface area contributed by atoms with Gasteiger partial charge in [-0.2, -0.15) is 4.57 Å². The number of thiophene rings is 1. The summed E-state index contributed by atoms with van der Waals surface area (Å²) in [6, 6.07) is 12.0. The standard InChI is InChI=1S/C28H30N2O7S5.C13H21N2S2/c1-3-19(16-26-29(11-4-14-41(31,32)33)22-18-20(37-2)6-7-24(22)39-26)17-27-30(12-5-15-42(34,35)36)28-21-10-13-38-23(21)8-9-25(28)40-27;1-3-14-8-10-16-12(14)6-5-7-13-15(4-2)9-11-17-13/h6-10,13,16-18H,3-5,11-12,14-15H2,1-2H3,(H-,31,32,33,34,35,36);5-7H,3-4,8-11H2,1-2H3/q;+1/p-1. The van der Waals surface area contributed by atoms with Gasteiger partial charge in [-0.15, -0.1) is 23.1 Å². The molecule has 7 rings (SSSR count). The molecule has 11 nitrogen and oxygen atoms in total. The lowest BCUT2D eigenvalue weighted by molar-refractivity contribution is -0.667. The van der Waals surface area contributed by atoms with Gasteiger partial charge in [0.2, 0.25) is 10.6 Å². The van der Waals surface area contributed by atoms with Crippen LogP contribution >= 0.6 is 58.0 Å². The maximum Gasteiger partial charge on any atom is 0.263 e. The molecule has 1 saturated heterocycles. The van der Waals surface area contributed by atoms with Crippen LogP contribution in [0.3, 0.4) is 0 Å². The van der Waals surface area contributed by atoms with Crippen LogP contribution in [0.2, 0.25) is 0 Å². The summed E-state index contributed by atoms with van der Waals surface area (Å²) in [4.78, 5) is 5.46. The van der Waals surface area contributed by atoms with Crippen molar-refractivity contribution in [3.63, 3.8) is 0 Å². The minimum Gasteiger partial charge on any atom is -0.748 e. The first-order valence-electron chi connectivity index (χ1n) is 19.6. The summed E-state index contributed by atoms with van der Waals surface area (Å²) < 4.78 is 80.0. The van der Waals surface area contributed by atoms with Gasteiger partial charge in [0.05, 0.1) is 54.2 Å². The van der Waals surface area contributed by atoms with E-state index >= 15 is 0 Å². The molecule has 2 aromatic heterocycles. The van der Waals surface area contributed by atoms with E-state index in [0.29, 0.717) is 25.3 Å². The Morgan fingerprint density at radius 2 is 1.73 bits per heavy atom. The third-order valence-electron chi connectivity index (χ3n) is 9.92. The SMILES string of the molecule is CCC(/C=C1\Sc2ccc(OC)cc2N1CCCS(=O)(=O)[O-])=C\c1sc2ccc3sccc3c2[n+]1CCCS(=O)(=O)[O-].CCN1CCS/C1=C/C=C/C1=[N+](CC)CCS1. The summed E-state index contributed by atoms with van der Waals surface area (Å²) in [5, 5.41) is 7.81. The quantitative estimate of drug-likeness (QED) is 0.0792. The Bertz CT molecular complexity index is 2520. The smallest absolute Gasteiger partial charge is 0.263 e. The summed E-state index contributed by atoms with van der Waals surface area (Å²) in [6.45, 7) is 11.9. The second-order valence-electron chi connectivity index (χ2n) is 13.8. The van der Waals surface area contributed by atoms with E-state index < -0.39 is 31.7 Å². The predicted molar refractivity (Wildman–Crippen MR) is 248 cm³/mol. The summed E-state index contributed by atoms with van der Waals surface area (Å²) in [7, 11) is -7.08. The van der Waals surface area contributed by atoms with Crippen molar-refractivity contribution >= 4 is 115 Å². The number of fused-ring (bicyclic) bond motifs is 4. The zero-order valence-electron chi connectivity index (χ0n) is 33.6. The van der Waals surface area contributed by atoms with E-state index in [4.69, 9.17) is 4.74 Å². The number of aromatic nitrogens is 1. The van der Waals surface area contributed by atoms with Crippen LogP contribution in [0.5, 0.6) is 5.75 Å². The molecule has 0 aliphatic carbocycles. The van der Waals surface area contributed by atoms with Crippen LogP contribution in [-0.2, 0) is 26.8 Å². The molecule has 318 valence electrons. The number of nitrogens with zero attached hydrogens (tertiary/aromatic N) is 4. The van der Waals surface area contributed by atoms with Gasteiger partial charge in [-0.3, -0.25) is 0 Å². The number of rotatable bonds is 16. The van der Waals surface area contributed by atoms with Crippen molar-refractivity contribution in [2.24, 2.45) is 0 Å². The fourth-order valence-corrected chi connectivity index (χ4v) is 13.2. The summed E-state index contributed by atoms with van der Waals surface area (Å²) in [5.41, 5.74) is 2.92. The number of methoxy groups -OCH3 is 1. The Morgan fingerprint density at radius 1 is 0.949 bits per heavy atom. The van der Waals surface area contributed by atoms with Gasteiger partial charge in [-0.05, 0) is 80.1 Å². The van der Waals surface area contributed by atoms with Crippen LogP contribution in [0.15, 0.2) is 86.6 Å². The molecule has 0 unspecified atom stereocenters. The van der Waals surface area contributed by atoms with E-state index in [1.807, 2.05) is 58.9 Å². The van der Waals surface area contributed by atoms with Gasteiger partial charge in [0.1, 0.15) is 17.0 Å². The lowest BCUT2D eigenvalue weighted by Gasteiger charge is -2.21. The van der Waals surface area contributed by atoms with Crippen LogP contribution in [0.25, 0.3) is 26.4 Å². The second-order valence-corrected chi connectivity index (χ2v) is 22.1. The molecule has 0 N–H and O–H groups in total. The Morgan fingerprint density at radius 3 is 2.46 bits per heavy atom. The molecular weight excluding hydrogens is 885 g/mol. The first kappa shape index (κ1) is 45.7. The van der Waals surface area contributed by atoms with Crippen molar-refractivity contribution in [3.05, 3.63) is 86.7 Å². The van der Waals surface area contributed by atoms with Gasteiger partial charge < -0.3 is 23.6 Å². The molecule has 0 amide bonds. The number of anilines is 1. The molecule has 0 atom stereocenters. The molecule has 3 aliphatic rings. The number of allylic oxidation sites excluding steroid dienone is 4. The molecule has 0 bridgehead atoms. The Balaban J connectivity index is 0.000000287. The molecule has 3 aliphatic heterocycles. The number of hydrogen-bond donors (Lipinski definition) is 0. The van der Waals surface area contributed by atoms with Gasteiger partial charge >= 0.3 is 0 Å². The fourth-order valence-electron chi connectivity index (χ4n) is 6.96. The molecule has 1 fully saturated rings. The minimum absolute atomic E-state index is 0.182. The van der Waals surface area contributed by atoms with Gasteiger partial charge in [-0.1, -0.05) is 47.9 Å². The number of ether oxygens (including phenoxy) is 1. The summed E-state index contributed by atoms with van der Waals surface area (Å²) in [6.07, 6.45) is 12.0. The molecule has 0 saturated carbocycles. The molecule has 4 aromatic rings. The maximum absolute atomic E-state index is 11.3. The number of thiazole rings is 1. The monoisotopic (exact) mass is 934 g/mol. The normalized spacial score (nSPS) is 17.7. The maximum atomic E-state index is 11.3. The Kier molecular flexibility index (Phi) is 16.1. The molecule has 59 heavy (non-hydrogen) atoms. The van der Waals surface area contributed by atoms with Gasteiger partial charge in [0.15, 0.2) is 13.1 Å². The first-order valence-corrected chi connectivity index (χ1v) is 27.2. The van der Waals surface area contributed by atoms with Crippen molar-refractivity contribution in [2.75, 3.05) is 67.7 Å². The van der Waals surface area contributed by atoms with Crippen LogP contribution in [0.1, 0.15) is 45.0 Å². The van der Waals surface area contributed by atoms with E-state index in [-0.39, 0.29) is 12.8 Å². The third-order valence-corrected chi connectivity index (χ3v) is 16.7. The lowest BCUT2D eigenvalue weighted by atomic mass is 10.1. The third kappa shape index (κ3) is 12.2. The lowest BCUT2D eigenvalue weighted by Crippen LogP contribution is -2.36. The summed E-state index contributed by atoms with van der Waals surface area (Å²) >= 11 is 8.75. The number of aryl methyl sites for hydroxylation is 1. The topological polar surface area (TPSA) is 137 Å². The van der Waals surface area contributed by atoms with Crippen LogP contribution < -0.4 is 14.2 Å². The van der Waals surface area contributed by atoms with Crippen LogP contribution in [-0.4, -0.2) is 103 Å². The van der Waals surface area contributed by atoms with E-state index in [1.165, 1.54) is 34.7 Å². The second kappa shape index (κ2) is 20.8. The van der Waals surface area contributed by atoms with Gasteiger partial charge in [0.25, 0.3) is 5.01 Å². The van der Waals surface area contributed by atoms with E-state index in [2.05, 4.69) is 76.5 Å².